The summed E-state index contributed by atoms with van der Waals surface area (Å²) in [5.41, 5.74) is 3.39. The third kappa shape index (κ3) is 7.31. The molecule has 44 heavy (non-hydrogen) atoms. The normalized spacial score (nSPS) is 13.7. The lowest BCUT2D eigenvalue weighted by Gasteiger charge is -2.32. The topological polar surface area (TPSA) is 77.1 Å². The van der Waals surface area contributed by atoms with E-state index < -0.39 is 6.36 Å². The zero-order valence-electron chi connectivity index (χ0n) is 24.2. The van der Waals surface area contributed by atoms with Crippen LogP contribution in [0.2, 0.25) is 0 Å². The molecule has 0 radical (unpaired) electrons. The van der Waals surface area contributed by atoms with Crippen molar-refractivity contribution >= 4 is 17.5 Å². The third-order valence-corrected chi connectivity index (χ3v) is 7.36. The summed E-state index contributed by atoms with van der Waals surface area (Å²) >= 11 is 0. The highest BCUT2D eigenvalue weighted by Crippen LogP contribution is 2.32. The molecule has 0 aliphatic carbocycles. The van der Waals surface area contributed by atoms with Gasteiger partial charge in [0.05, 0.1) is 12.7 Å². The zero-order chi connectivity index (χ0) is 31.3. The van der Waals surface area contributed by atoms with Gasteiger partial charge in [0, 0.05) is 43.2 Å². The van der Waals surface area contributed by atoms with Gasteiger partial charge >= 0.3 is 6.36 Å². The molecule has 5 rings (SSSR count). The SMILES string of the molecule is COc1ccccc1C(=O)N1CCC(Oc2cccc(NC(=O)c3cccc(C)c3-c3ccc(OC(F)(F)F)cc3)c2)CC1. The van der Waals surface area contributed by atoms with E-state index in [4.69, 9.17) is 9.47 Å². The summed E-state index contributed by atoms with van der Waals surface area (Å²) in [5, 5.41) is 2.91. The molecule has 1 aliphatic rings. The summed E-state index contributed by atoms with van der Waals surface area (Å²) in [6.45, 7) is 2.91. The molecule has 1 N–H and O–H groups in total. The Kier molecular flexibility index (Phi) is 9.08. The molecule has 0 aromatic heterocycles. The molecule has 0 bridgehead atoms. The predicted octanol–water partition coefficient (Wildman–Crippen LogP) is 7.51. The van der Waals surface area contributed by atoms with Crippen LogP contribution in [0.25, 0.3) is 11.1 Å². The quantitative estimate of drug-likeness (QED) is 0.225. The van der Waals surface area contributed by atoms with Crippen molar-refractivity contribution in [1.29, 1.82) is 0 Å². The summed E-state index contributed by atoms with van der Waals surface area (Å²) in [7, 11) is 1.54. The predicted molar refractivity (Wildman–Crippen MR) is 160 cm³/mol. The number of nitrogens with one attached hydrogen (secondary N) is 1. The summed E-state index contributed by atoms with van der Waals surface area (Å²) in [6.07, 6.45) is -3.59. The van der Waals surface area contributed by atoms with Crippen molar-refractivity contribution < 1.29 is 37.0 Å². The van der Waals surface area contributed by atoms with Crippen molar-refractivity contribution in [3.63, 3.8) is 0 Å². The summed E-state index contributed by atoms with van der Waals surface area (Å²) in [6, 6.07) is 24.9. The van der Waals surface area contributed by atoms with E-state index in [0.717, 1.165) is 5.56 Å². The second-order valence-corrected chi connectivity index (χ2v) is 10.4. The molecular formula is C34H31F3N2O5. The minimum Gasteiger partial charge on any atom is -0.496 e. The van der Waals surface area contributed by atoms with Crippen LogP contribution in [0.3, 0.4) is 0 Å². The zero-order valence-corrected chi connectivity index (χ0v) is 24.2. The molecule has 0 atom stereocenters. The van der Waals surface area contributed by atoms with Gasteiger partial charge in [0.25, 0.3) is 11.8 Å². The van der Waals surface area contributed by atoms with E-state index in [0.29, 0.717) is 65.4 Å². The van der Waals surface area contributed by atoms with Gasteiger partial charge in [-0.25, -0.2) is 0 Å². The Bertz CT molecular complexity index is 1630. The molecule has 1 heterocycles. The lowest BCUT2D eigenvalue weighted by molar-refractivity contribution is -0.274. The molecule has 0 unspecified atom stereocenters. The van der Waals surface area contributed by atoms with Crippen molar-refractivity contribution in [2.75, 3.05) is 25.5 Å². The van der Waals surface area contributed by atoms with E-state index >= 15 is 0 Å². The van der Waals surface area contributed by atoms with Crippen LogP contribution in [0.4, 0.5) is 18.9 Å². The number of methoxy groups -OCH3 is 1. The Labute approximate surface area is 253 Å². The molecule has 2 amide bonds. The Morgan fingerprint density at radius 2 is 1.52 bits per heavy atom. The fourth-order valence-corrected chi connectivity index (χ4v) is 5.27. The number of hydrogen-bond donors (Lipinski definition) is 1. The van der Waals surface area contributed by atoms with Gasteiger partial charge in [0.15, 0.2) is 0 Å². The standard InChI is InChI=1S/C34H31F3N2O5/c1-22-7-5-11-29(31(22)23-13-15-26(16-14-23)44-34(35,36)37)32(40)38-24-8-6-9-27(21-24)43-25-17-19-39(20-18-25)33(41)28-10-3-4-12-30(28)42-2/h3-16,21,25H,17-20H2,1-2H3,(H,38,40). The number of piperidine rings is 1. The summed E-state index contributed by atoms with van der Waals surface area (Å²) in [4.78, 5) is 28.2. The van der Waals surface area contributed by atoms with Gasteiger partial charge in [-0.3, -0.25) is 9.59 Å². The van der Waals surface area contributed by atoms with E-state index in [-0.39, 0.29) is 23.7 Å². The maximum atomic E-state index is 13.4. The van der Waals surface area contributed by atoms with Crippen molar-refractivity contribution in [1.82, 2.24) is 4.90 Å². The van der Waals surface area contributed by atoms with Gasteiger partial charge < -0.3 is 24.4 Å². The number of alkyl halides is 3. The number of benzene rings is 4. The minimum atomic E-state index is -4.79. The smallest absolute Gasteiger partial charge is 0.496 e. The van der Waals surface area contributed by atoms with Gasteiger partial charge in [0.2, 0.25) is 0 Å². The van der Waals surface area contributed by atoms with Gasteiger partial charge in [0.1, 0.15) is 23.4 Å². The van der Waals surface area contributed by atoms with Gasteiger partial charge in [-0.05, 0) is 66.1 Å². The highest BCUT2D eigenvalue weighted by Gasteiger charge is 2.31. The van der Waals surface area contributed by atoms with Crippen LogP contribution in [0.1, 0.15) is 39.1 Å². The minimum absolute atomic E-state index is 0.0771. The molecule has 10 heteroatoms. The number of ether oxygens (including phenoxy) is 3. The second kappa shape index (κ2) is 13.1. The van der Waals surface area contributed by atoms with E-state index in [1.807, 2.05) is 31.2 Å². The van der Waals surface area contributed by atoms with Crippen molar-refractivity contribution in [3.05, 3.63) is 108 Å². The van der Waals surface area contributed by atoms with Crippen LogP contribution < -0.4 is 19.5 Å². The molecular weight excluding hydrogens is 573 g/mol. The number of carbonyl (C=O) groups excluding carboxylic acids is 2. The third-order valence-electron chi connectivity index (χ3n) is 7.36. The first-order chi connectivity index (χ1) is 21.1. The van der Waals surface area contributed by atoms with Crippen LogP contribution in [0.15, 0.2) is 91.0 Å². The fraction of sp³-hybridized carbons (Fsp3) is 0.235. The average Bonchev–Trinajstić information content (AvgIpc) is 3.01. The van der Waals surface area contributed by atoms with Crippen LogP contribution in [0.5, 0.6) is 17.2 Å². The largest absolute Gasteiger partial charge is 0.573 e. The molecule has 228 valence electrons. The summed E-state index contributed by atoms with van der Waals surface area (Å²) in [5.74, 6) is 0.334. The van der Waals surface area contributed by atoms with Crippen molar-refractivity contribution in [3.8, 4) is 28.4 Å². The fourth-order valence-electron chi connectivity index (χ4n) is 5.27. The molecule has 0 saturated carbocycles. The van der Waals surface area contributed by atoms with Gasteiger partial charge in [-0.1, -0.05) is 42.5 Å². The lowest BCUT2D eigenvalue weighted by atomic mass is 9.94. The molecule has 1 fully saturated rings. The molecule has 4 aromatic carbocycles. The van der Waals surface area contributed by atoms with Gasteiger partial charge in [-0.15, -0.1) is 13.2 Å². The first-order valence-corrected chi connectivity index (χ1v) is 14.1. The monoisotopic (exact) mass is 604 g/mol. The average molecular weight is 605 g/mol. The number of amides is 2. The molecule has 0 spiro atoms. The van der Waals surface area contributed by atoms with Crippen LogP contribution in [0, 0.1) is 6.92 Å². The Balaban J connectivity index is 1.23. The number of nitrogens with zero attached hydrogens (tertiary/aromatic N) is 1. The van der Waals surface area contributed by atoms with E-state index in [2.05, 4.69) is 10.1 Å². The van der Waals surface area contributed by atoms with Crippen molar-refractivity contribution in [2.24, 2.45) is 0 Å². The highest BCUT2D eigenvalue weighted by atomic mass is 19.4. The Morgan fingerprint density at radius 3 is 2.23 bits per heavy atom. The van der Waals surface area contributed by atoms with Crippen LogP contribution in [-0.4, -0.2) is 49.4 Å². The molecule has 1 saturated heterocycles. The van der Waals surface area contributed by atoms with E-state index in [1.165, 1.54) is 24.3 Å². The maximum absolute atomic E-state index is 13.4. The van der Waals surface area contributed by atoms with E-state index in [1.54, 1.807) is 54.5 Å². The number of anilines is 1. The Morgan fingerprint density at radius 1 is 0.841 bits per heavy atom. The van der Waals surface area contributed by atoms with Crippen LogP contribution >= 0.6 is 0 Å². The summed E-state index contributed by atoms with van der Waals surface area (Å²) < 4.78 is 53.3. The number of para-hydroxylation sites is 1. The number of halogens is 3. The number of likely N-dealkylation sites (tertiary alicyclic amines) is 1. The van der Waals surface area contributed by atoms with Crippen LogP contribution in [-0.2, 0) is 0 Å². The Hall–Kier alpha value is -4.99. The van der Waals surface area contributed by atoms with Crippen molar-refractivity contribution in [2.45, 2.75) is 32.2 Å². The van der Waals surface area contributed by atoms with Gasteiger partial charge in [-0.2, -0.15) is 0 Å². The lowest BCUT2D eigenvalue weighted by Crippen LogP contribution is -2.41. The number of carbonyl (C=O) groups is 2. The number of hydrogen-bond acceptors (Lipinski definition) is 5. The molecule has 4 aromatic rings. The molecule has 7 nitrogen and oxygen atoms in total. The molecule has 1 aliphatic heterocycles. The number of aryl methyl sites for hydroxylation is 1. The maximum Gasteiger partial charge on any atom is 0.573 e. The second-order valence-electron chi connectivity index (χ2n) is 10.4. The first kappa shape index (κ1) is 30.5. The first-order valence-electron chi connectivity index (χ1n) is 14.1. The van der Waals surface area contributed by atoms with E-state index in [9.17, 15) is 22.8 Å². The number of rotatable bonds is 8. The highest BCUT2D eigenvalue weighted by molar-refractivity contribution is 6.09.